The van der Waals surface area contributed by atoms with E-state index in [4.69, 9.17) is 4.74 Å². The Labute approximate surface area is 208 Å². The Morgan fingerprint density at radius 1 is 0.944 bits per heavy atom. The minimum absolute atomic E-state index is 0.00106. The van der Waals surface area contributed by atoms with Crippen molar-refractivity contribution >= 4 is 22.8 Å². The molecule has 1 amide bonds. The summed E-state index contributed by atoms with van der Waals surface area (Å²) in [5, 5.41) is 3.73. The van der Waals surface area contributed by atoms with Crippen molar-refractivity contribution in [1.29, 1.82) is 0 Å². The molecule has 0 bridgehead atoms. The zero-order chi connectivity index (χ0) is 25.7. The van der Waals surface area contributed by atoms with Crippen molar-refractivity contribution in [1.82, 2.24) is 10.3 Å². The van der Waals surface area contributed by atoms with Gasteiger partial charge in [-0.3, -0.25) is 9.59 Å². The number of H-pyrrole nitrogens is 1. The van der Waals surface area contributed by atoms with Crippen LogP contribution < -0.4 is 5.32 Å². The highest BCUT2D eigenvalue weighted by Crippen LogP contribution is 2.39. The number of esters is 1. The molecule has 0 radical (unpaired) electrons. The van der Waals surface area contributed by atoms with E-state index < -0.39 is 28.9 Å². The summed E-state index contributed by atoms with van der Waals surface area (Å²) in [6.07, 6.45) is 1.64. The highest BCUT2D eigenvalue weighted by Gasteiger charge is 2.46. The van der Waals surface area contributed by atoms with Crippen LogP contribution in [0.4, 0.5) is 8.78 Å². The zero-order valence-electron chi connectivity index (χ0n) is 20.2. The number of hydrogen-bond acceptors (Lipinski definition) is 3. The summed E-state index contributed by atoms with van der Waals surface area (Å²) in [7, 11) is 0. The number of fused-ring (bicyclic) bond motifs is 1. The van der Waals surface area contributed by atoms with Crippen LogP contribution in [0.5, 0.6) is 0 Å². The molecule has 1 atom stereocenters. The Bertz CT molecular complexity index is 1370. The van der Waals surface area contributed by atoms with E-state index in [1.165, 1.54) is 6.07 Å². The molecular weight excluding hydrogens is 462 g/mol. The fourth-order valence-electron chi connectivity index (χ4n) is 4.41. The summed E-state index contributed by atoms with van der Waals surface area (Å²) < 4.78 is 32.6. The molecule has 2 N–H and O–H groups in total. The fraction of sp³-hybridized carbons (Fsp3) is 0.241. The van der Waals surface area contributed by atoms with E-state index >= 15 is 0 Å². The monoisotopic (exact) mass is 490 g/mol. The van der Waals surface area contributed by atoms with Crippen LogP contribution >= 0.6 is 0 Å². The smallest absolute Gasteiger partial charge is 0.317 e. The number of nitrogens with one attached hydrogen (secondary N) is 2. The summed E-state index contributed by atoms with van der Waals surface area (Å²) in [4.78, 5) is 30.1. The normalized spacial score (nSPS) is 12.9. The molecule has 0 aliphatic heterocycles. The van der Waals surface area contributed by atoms with Crippen LogP contribution in [0.15, 0.2) is 79.0 Å². The zero-order valence-corrected chi connectivity index (χ0v) is 20.2. The first-order valence-electron chi connectivity index (χ1n) is 11.8. The number of amides is 1. The van der Waals surface area contributed by atoms with Crippen LogP contribution in [0.3, 0.4) is 0 Å². The van der Waals surface area contributed by atoms with Crippen LogP contribution in [-0.4, -0.2) is 16.9 Å². The molecule has 3 aromatic carbocycles. The Kier molecular flexibility index (Phi) is 7.48. The van der Waals surface area contributed by atoms with Crippen molar-refractivity contribution < 1.29 is 23.1 Å². The number of benzene rings is 3. The molecule has 5 nitrogen and oxygen atoms in total. The van der Waals surface area contributed by atoms with E-state index in [1.807, 2.05) is 74.6 Å². The first kappa shape index (κ1) is 25.1. The molecule has 0 fully saturated rings. The number of aromatic nitrogens is 1. The van der Waals surface area contributed by atoms with Crippen molar-refractivity contribution in [2.24, 2.45) is 5.92 Å². The first-order valence-corrected chi connectivity index (χ1v) is 11.8. The minimum Gasteiger partial charge on any atom is -0.460 e. The molecular formula is C29H28F2N2O3. The average Bonchev–Trinajstić information content (AvgIpc) is 3.35. The lowest BCUT2D eigenvalue weighted by Crippen LogP contribution is -2.46. The van der Waals surface area contributed by atoms with Gasteiger partial charge in [-0.05, 0) is 52.3 Å². The van der Waals surface area contributed by atoms with Gasteiger partial charge < -0.3 is 15.0 Å². The van der Waals surface area contributed by atoms with Crippen molar-refractivity contribution in [3.05, 3.63) is 107 Å². The molecule has 7 heteroatoms. The lowest BCUT2D eigenvalue weighted by Gasteiger charge is -2.35. The highest BCUT2D eigenvalue weighted by atomic mass is 19.2. The van der Waals surface area contributed by atoms with Gasteiger partial charge in [-0.25, -0.2) is 8.78 Å². The van der Waals surface area contributed by atoms with Crippen molar-refractivity contribution in [2.75, 3.05) is 0 Å². The number of halogens is 2. The van der Waals surface area contributed by atoms with Gasteiger partial charge in [0, 0.05) is 24.7 Å². The van der Waals surface area contributed by atoms with Gasteiger partial charge in [-0.15, -0.1) is 0 Å². The third-order valence-corrected chi connectivity index (χ3v) is 6.55. The molecule has 1 heterocycles. The molecule has 0 aliphatic rings. The van der Waals surface area contributed by atoms with Crippen molar-refractivity contribution in [3.63, 3.8) is 0 Å². The van der Waals surface area contributed by atoms with E-state index in [-0.39, 0.29) is 25.5 Å². The SMILES string of the molecule is CC(C)C(CC(=O)NCc1ccc(F)c(F)c1)(C(=O)OCc1ccccc1)c1ccc2cc[nH]c2c1. The van der Waals surface area contributed by atoms with Gasteiger partial charge in [0.05, 0.1) is 0 Å². The van der Waals surface area contributed by atoms with E-state index in [0.29, 0.717) is 11.1 Å². The number of rotatable bonds is 9. The van der Waals surface area contributed by atoms with Crippen molar-refractivity contribution in [3.8, 4) is 0 Å². The Hall–Kier alpha value is -4.00. The predicted octanol–water partition coefficient (Wildman–Crippen LogP) is 5.79. The Balaban J connectivity index is 1.62. The van der Waals surface area contributed by atoms with Gasteiger partial charge in [0.15, 0.2) is 11.6 Å². The molecule has 186 valence electrons. The lowest BCUT2D eigenvalue weighted by molar-refractivity contribution is -0.156. The molecule has 1 unspecified atom stereocenters. The number of aromatic amines is 1. The van der Waals surface area contributed by atoms with Crippen LogP contribution in [0.2, 0.25) is 0 Å². The quantitative estimate of drug-likeness (QED) is 0.292. The number of ether oxygens (including phenoxy) is 1. The van der Waals surface area contributed by atoms with Crippen LogP contribution in [0.1, 0.15) is 37.0 Å². The molecule has 4 rings (SSSR count). The van der Waals surface area contributed by atoms with Crippen LogP contribution in [0, 0.1) is 17.6 Å². The molecule has 0 aliphatic carbocycles. The maximum atomic E-state index is 13.7. The molecule has 0 saturated carbocycles. The van der Waals surface area contributed by atoms with E-state index in [0.717, 1.165) is 28.6 Å². The van der Waals surface area contributed by atoms with Gasteiger partial charge in [0.25, 0.3) is 0 Å². The molecule has 0 spiro atoms. The molecule has 0 saturated heterocycles. The molecule has 36 heavy (non-hydrogen) atoms. The van der Waals surface area contributed by atoms with Gasteiger partial charge in [-0.2, -0.15) is 0 Å². The highest BCUT2D eigenvalue weighted by molar-refractivity contribution is 5.92. The predicted molar refractivity (Wildman–Crippen MR) is 134 cm³/mol. The summed E-state index contributed by atoms with van der Waals surface area (Å²) in [6.45, 7) is 3.84. The largest absolute Gasteiger partial charge is 0.460 e. The second kappa shape index (κ2) is 10.7. The van der Waals surface area contributed by atoms with Gasteiger partial charge in [0.2, 0.25) is 5.91 Å². The Morgan fingerprint density at radius 3 is 2.44 bits per heavy atom. The second-order valence-corrected chi connectivity index (χ2v) is 9.17. The van der Waals surface area contributed by atoms with Crippen molar-refractivity contribution in [2.45, 2.75) is 38.8 Å². The third kappa shape index (κ3) is 5.30. The summed E-state index contributed by atoms with van der Waals surface area (Å²) in [5.41, 5.74) is 1.48. The summed E-state index contributed by atoms with van der Waals surface area (Å²) >= 11 is 0. The minimum atomic E-state index is -1.27. The lowest BCUT2D eigenvalue weighted by atomic mass is 9.69. The van der Waals surface area contributed by atoms with E-state index in [2.05, 4.69) is 10.3 Å². The second-order valence-electron chi connectivity index (χ2n) is 9.17. The fourth-order valence-corrected chi connectivity index (χ4v) is 4.41. The molecule has 1 aromatic heterocycles. The van der Waals surface area contributed by atoms with Crippen LogP contribution in [-0.2, 0) is 32.9 Å². The third-order valence-electron chi connectivity index (χ3n) is 6.55. The summed E-state index contributed by atoms with van der Waals surface area (Å²) in [5.74, 6) is -3.14. The van der Waals surface area contributed by atoms with Gasteiger partial charge in [0.1, 0.15) is 12.0 Å². The summed E-state index contributed by atoms with van der Waals surface area (Å²) in [6, 6.07) is 20.4. The number of carbonyl (C=O) groups is 2. The van der Waals surface area contributed by atoms with E-state index in [1.54, 1.807) is 0 Å². The topological polar surface area (TPSA) is 71.2 Å². The Morgan fingerprint density at radius 2 is 1.72 bits per heavy atom. The number of carbonyl (C=O) groups excluding carboxylic acids is 2. The van der Waals surface area contributed by atoms with Crippen LogP contribution in [0.25, 0.3) is 10.9 Å². The average molecular weight is 491 g/mol. The molecule has 4 aromatic rings. The van der Waals surface area contributed by atoms with Gasteiger partial charge in [-0.1, -0.05) is 62.4 Å². The maximum Gasteiger partial charge on any atom is 0.317 e. The maximum absolute atomic E-state index is 13.7. The van der Waals surface area contributed by atoms with E-state index in [9.17, 15) is 18.4 Å². The number of hydrogen-bond donors (Lipinski definition) is 2. The van der Waals surface area contributed by atoms with Gasteiger partial charge >= 0.3 is 5.97 Å². The first-order chi connectivity index (χ1) is 17.3. The standard InChI is InChI=1S/C29H28F2N2O3/c1-19(2)29(23-10-9-22-12-13-32-26(22)15-23,28(35)36-18-20-6-4-3-5-7-20)16-27(34)33-17-21-8-11-24(30)25(31)14-21/h3-15,19,32H,16-18H2,1-2H3,(H,33,34).